The van der Waals surface area contributed by atoms with Crippen LogP contribution in [0.15, 0.2) is 23.7 Å². The van der Waals surface area contributed by atoms with Gasteiger partial charge in [-0.15, -0.1) is 0 Å². The largest absolute Gasteiger partial charge is 0.357 e. The maximum absolute atomic E-state index is 12.2. The second-order valence-electron chi connectivity index (χ2n) is 4.96. The molecule has 0 radical (unpaired) electrons. The van der Waals surface area contributed by atoms with Gasteiger partial charge < -0.3 is 19.7 Å². The minimum absolute atomic E-state index is 0.118. The van der Waals surface area contributed by atoms with Crippen LogP contribution in [0.2, 0.25) is 0 Å². The summed E-state index contributed by atoms with van der Waals surface area (Å²) in [4.78, 5) is 24.4. The zero-order chi connectivity index (χ0) is 16.4. The first-order chi connectivity index (χ1) is 10.6. The molecular formula is C15H28N6O. The number of aliphatic imine (C=N–C) groups is 1. The molecule has 1 N–H and O–H groups in total. The molecule has 0 fully saturated rings. The van der Waals surface area contributed by atoms with E-state index in [0.29, 0.717) is 13.1 Å². The standard InChI is InChI=1S/C15H28N6O/c1-5-17-15(18-9-11-20-10-8-16-13-20)19(4)12-14(22)21(6-2)7-3/h8,10,13H,5-7,9,11-12H2,1-4H3,(H,17,18). The van der Waals surface area contributed by atoms with Crippen molar-refractivity contribution in [3.05, 3.63) is 18.7 Å². The number of hydrogen-bond acceptors (Lipinski definition) is 3. The summed E-state index contributed by atoms with van der Waals surface area (Å²) in [6, 6.07) is 0. The number of guanidine groups is 1. The quantitative estimate of drug-likeness (QED) is 0.566. The molecule has 7 heteroatoms. The lowest BCUT2D eigenvalue weighted by Crippen LogP contribution is -2.45. The molecule has 1 rings (SSSR count). The molecule has 124 valence electrons. The van der Waals surface area contributed by atoms with E-state index in [0.717, 1.165) is 32.1 Å². The Morgan fingerprint density at radius 2 is 2.05 bits per heavy atom. The molecule has 1 heterocycles. The van der Waals surface area contributed by atoms with E-state index in [1.807, 2.05) is 48.4 Å². The number of hydrogen-bond donors (Lipinski definition) is 1. The highest BCUT2D eigenvalue weighted by molar-refractivity contribution is 5.86. The maximum atomic E-state index is 12.2. The van der Waals surface area contributed by atoms with Gasteiger partial charge >= 0.3 is 0 Å². The lowest BCUT2D eigenvalue weighted by molar-refractivity contribution is -0.131. The SMILES string of the molecule is CCNC(=NCCn1ccnc1)N(C)CC(=O)N(CC)CC. The Balaban J connectivity index is 2.58. The van der Waals surface area contributed by atoms with E-state index < -0.39 is 0 Å². The predicted molar refractivity (Wildman–Crippen MR) is 88.8 cm³/mol. The van der Waals surface area contributed by atoms with Crippen molar-refractivity contribution in [3.63, 3.8) is 0 Å². The van der Waals surface area contributed by atoms with Crippen LogP contribution in [0.5, 0.6) is 0 Å². The number of carbonyl (C=O) groups excluding carboxylic acids is 1. The lowest BCUT2D eigenvalue weighted by atomic mass is 10.4. The fraction of sp³-hybridized carbons (Fsp3) is 0.667. The summed E-state index contributed by atoms with van der Waals surface area (Å²) < 4.78 is 1.98. The number of amides is 1. The highest BCUT2D eigenvalue weighted by Gasteiger charge is 2.14. The smallest absolute Gasteiger partial charge is 0.242 e. The van der Waals surface area contributed by atoms with E-state index in [2.05, 4.69) is 15.3 Å². The summed E-state index contributed by atoms with van der Waals surface area (Å²) >= 11 is 0. The Kier molecular flexibility index (Phi) is 8.03. The molecule has 0 bridgehead atoms. The number of nitrogens with one attached hydrogen (secondary N) is 1. The van der Waals surface area contributed by atoms with Crippen molar-refractivity contribution in [3.8, 4) is 0 Å². The summed E-state index contributed by atoms with van der Waals surface area (Å²) in [6.07, 6.45) is 5.44. The zero-order valence-corrected chi connectivity index (χ0v) is 14.1. The molecule has 1 amide bonds. The molecule has 0 aliphatic carbocycles. The lowest BCUT2D eigenvalue weighted by Gasteiger charge is -2.25. The molecule has 0 spiro atoms. The van der Waals surface area contributed by atoms with Crippen LogP contribution >= 0.6 is 0 Å². The molecule has 1 aromatic heterocycles. The van der Waals surface area contributed by atoms with E-state index in [9.17, 15) is 4.79 Å². The highest BCUT2D eigenvalue weighted by Crippen LogP contribution is 1.94. The average molecular weight is 308 g/mol. The molecule has 0 saturated carbocycles. The monoisotopic (exact) mass is 308 g/mol. The van der Waals surface area contributed by atoms with Crippen molar-refractivity contribution in [1.29, 1.82) is 0 Å². The van der Waals surface area contributed by atoms with Gasteiger partial charge in [0, 0.05) is 45.6 Å². The van der Waals surface area contributed by atoms with Crippen LogP contribution in [0.25, 0.3) is 0 Å². The van der Waals surface area contributed by atoms with Gasteiger partial charge in [0.05, 0.1) is 19.4 Å². The van der Waals surface area contributed by atoms with Crippen molar-refractivity contribution >= 4 is 11.9 Å². The van der Waals surface area contributed by atoms with Crippen LogP contribution in [0.1, 0.15) is 20.8 Å². The van der Waals surface area contributed by atoms with Gasteiger partial charge in [0.15, 0.2) is 5.96 Å². The van der Waals surface area contributed by atoms with Crippen LogP contribution in [-0.2, 0) is 11.3 Å². The molecule has 0 aliphatic heterocycles. The Bertz CT molecular complexity index is 453. The summed E-state index contributed by atoms with van der Waals surface area (Å²) in [5.74, 6) is 0.871. The van der Waals surface area contributed by atoms with E-state index in [-0.39, 0.29) is 5.91 Å². The Morgan fingerprint density at radius 1 is 1.32 bits per heavy atom. The summed E-state index contributed by atoms with van der Waals surface area (Å²) in [5, 5.41) is 3.22. The van der Waals surface area contributed by atoms with Crippen molar-refractivity contribution in [2.45, 2.75) is 27.3 Å². The minimum atomic E-state index is 0.118. The van der Waals surface area contributed by atoms with Gasteiger partial charge in [-0.05, 0) is 20.8 Å². The highest BCUT2D eigenvalue weighted by atomic mass is 16.2. The van der Waals surface area contributed by atoms with Crippen molar-refractivity contribution in [1.82, 2.24) is 24.7 Å². The summed E-state index contributed by atoms with van der Waals surface area (Å²) in [7, 11) is 1.89. The van der Waals surface area contributed by atoms with E-state index in [1.165, 1.54) is 0 Å². The third-order valence-electron chi connectivity index (χ3n) is 3.36. The molecule has 0 atom stereocenters. The number of nitrogens with zero attached hydrogens (tertiary/aromatic N) is 5. The summed E-state index contributed by atoms with van der Waals surface area (Å²) in [5.41, 5.74) is 0. The molecule has 7 nitrogen and oxygen atoms in total. The van der Waals surface area contributed by atoms with Crippen LogP contribution in [0.4, 0.5) is 0 Å². The molecule has 1 aromatic rings. The first-order valence-electron chi connectivity index (χ1n) is 7.85. The Labute approximate surface area is 133 Å². The van der Waals surface area contributed by atoms with Crippen molar-refractivity contribution in [2.75, 3.05) is 39.8 Å². The van der Waals surface area contributed by atoms with Crippen LogP contribution in [0, 0.1) is 0 Å². The van der Waals surface area contributed by atoms with Crippen LogP contribution in [0.3, 0.4) is 0 Å². The third kappa shape index (κ3) is 5.75. The van der Waals surface area contributed by atoms with Gasteiger partial charge in [0.1, 0.15) is 0 Å². The second kappa shape index (κ2) is 9.81. The first-order valence-corrected chi connectivity index (χ1v) is 7.85. The van der Waals surface area contributed by atoms with Gasteiger partial charge in [-0.3, -0.25) is 9.79 Å². The number of aromatic nitrogens is 2. The summed E-state index contributed by atoms with van der Waals surface area (Å²) in [6.45, 7) is 9.99. The zero-order valence-electron chi connectivity index (χ0n) is 14.1. The molecule has 0 aliphatic rings. The maximum Gasteiger partial charge on any atom is 0.242 e. The number of rotatable bonds is 8. The van der Waals surface area contributed by atoms with Gasteiger partial charge in [0.25, 0.3) is 0 Å². The number of imidazole rings is 1. The van der Waals surface area contributed by atoms with Crippen molar-refractivity contribution in [2.24, 2.45) is 4.99 Å². The molecule has 0 saturated heterocycles. The van der Waals surface area contributed by atoms with Gasteiger partial charge in [0.2, 0.25) is 5.91 Å². The minimum Gasteiger partial charge on any atom is -0.357 e. The molecule has 22 heavy (non-hydrogen) atoms. The van der Waals surface area contributed by atoms with E-state index >= 15 is 0 Å². The van der Waals surface area contributed by atoms with E-state index in [1.54, 1.807) is 12.5 Å². The Morgan fingerprint density at radius 3 is 2.59 bits per heavy atom. The van der Waals surface area contributed by atoms with Crippen LogP contribution in [-0.4, -0.2) is 71.0 Å². The van der Waals surface area contributed by atoms with Gasteiger partial charge in [-0.2, -0.15) is 0 Å². The Hall–Kier alpha value is -2.05. The fourth-order valence-electron chi connectivity index (χ4n) is 2.11. The third-order valence-corrected chi connectivity index (χ3v) is 3.36. The van der Waals surface area contributed by atoms with E-state index in [4.69, 9.17) is 0 Å². The average Bonchev–Trinajstić information content (AvgIpc) is 3.00. The second-order valence-corrected chi connectivity index (χ2v) is 4.96. The molecule has 0 aromatic carbocycles. The van der Waals surface area contributed by atoms with Crippen LogP contribution < -0.4 is 5.32 Å². The predicted octanol–water partition coefficient (Wildman–Crippen LogP) is 0.649. The van der Waals surface area contributed by atoms with Crippen molar-refractivity contribution < 1.29 is 4.79 Å². The normalized spacial score (nSPS) is 11.4. The van der Waals surface area contributed by atoms with Gasteiger partial charge in [-0.1, -0.05) is 0 Å². The molecule has 0 unspecified atom stereocenters. The van der Waals surface area contributed by atoms with Gasteiger partial charge in [-0.25, -0.2) is 4.98 Å². The first kappa shape index (κ1) is 18.0. The molecular weight excluding hydrogens is 280 g/mol. The number of carbonyl (C=O) groups is 1. The fourth-order valence-corrected chi connectivity index (χ4v) is 2.11. The topological polar surface area (TPSA) is 65.8 Å². The number of likely N-dealkylation sites (N-methyl/N-ethyl adjacent to an activating group) is 2.